The minimum atomic E-state index is 0.625. The maximum absolute atomic E-state index is 4.40. The number of piperidine rings is 1. The molecule has 112 valence electrons. The zero-order chi connectivity index (χ0) is 14.5. The second-order valence-electron chi connectivity index (χ2n) is 6.06. The highest BCUT2D eigenvalue weighted by atomic mass is 15.0. The summed E-state index contributed by atoms with van der Waals surface area (Å²) < 4.78 is 2.36. The van der Waals surface area contributed by atoms with E-state index in [1.165, 1.54) is 17.7 Å². The maximum Gasteiger partial charge on any atom is 0.0948 e. The molecule has 1 aromatic carbocycles. The molecule has 0 amide bonds. The van der Waals surface area contributed by atoms with Gasteiger partial charge in [-0.05, 0) is 43.8 Å². The maximum atomic E-state index is 4.40. The van der Waals surface area contributed by atoms with Gasteiger partial charge in [-0.3, -0.25) is 0 Å². The topological polar surface area (TPSA) is 29.9 Å². The first-order chi connectivity index (χ1) is 10.4. The van der Waals surface area contributed by atoms with Crippen LogP contribution in [0.1, 0.15) is 36.9 Å². The van der Waals surface area contributed by atoms with Crippen molar-refractivity contribution in [2.75, 3.05) is 13.1 Å². The van der Waals surface area contributed by atoms with E-state index in [4.69, 9.17) is 0 Å². The highest BCUT2D eigenvalue weighted by Crippen LogP contribution is 2.32. The second-order valence-corrected chi connectivity index (χ2v) is 6.06. The van der Waals surface area contributed by atoms with Gasteiger partial charge in [0.05, 0.1) is 6.33 Å². The van der Waals surface area contributed by atoms with Gasteiger partial charge in [0, 0.05) is 24.4 Å². The van der Waals surface area contributed by atoms with Crippen molar-refractivity contribution in [3.63, 3.8) is 0 Å². The third-order valence-corrected chi connectivity index (χ3v) is 4.54. The molecular formula is C18H25N3. The van der Waals surface area contributed by atoms with E-state index in [0.717, 1.165) is 32.5 Å². The molecule has 0 spiro atoms. The first kappa shape index (κ1) is 14.3. The van der Waals surface area contributed by atoms with Crippen LogP contribution in [0.3, 0.4) is 0 Å². The molecule has 1 aromatic heterocycles. The van der Waals surface area contributed by atoms with Gasteiger partial charge in [0.1, 0.15) is 0 Å². The molecule has 3 nitrogen and oxygen atoms in total. The molecule has 1 aliphatic heterocycles. The Kier molecular flexibility index (Phi) is 4.71. The van der Waals surface area contributed by atoms with Gasteiger partial charge in [0.2, 0.25) is 0 Å². The molecule has 2 unspecified atom stereocenters. The van der Waals surface area contributed by atoms with Crippen molar-refractivity contribution >= 4 is 0 Å². The van der Waals surface area contributed by atoms with Crippen molar-refractivity contribution in [2.45, 2.75) is 38.6 Å². The molecule has 1 saturated heterocycles. The van der Waals surface area contributed by atoms with Crippen LogP contribution in [0.5, 0.6) is 0 Å². The zero-order valence-corrected chi connectivity index (χ0v) is 12.8. The Morgan fingerprint density at radius 1 is 1.29 bits per heavy atom. The lowest BCUT2D eigenvalue weighted by molar-refractivity contribution is 0.312. The standard InChI is InChI=1S/C18H25N3/c1-2-10-21-14-20-13-18(21)17-8-9-19-12-16(17)11-15-6-4-3-5-7-15/h3-7,13-14,16-17,19H,2,8-12H2,1H3. The average Bonchev–Trinajstić information content (AvgIpc) is 2.97. The quantitative estimate of drug-likeness (QED) is 0.913. The number of nitrogens with zero attached hydrogens (tertiary/aromatic N) is 2. The van der Waals surface area contributed by atoms with Crippen LogP contribution < -0.4 is 5.32 Å². The lowest BCUT2D eigenvalue weighted by atomic mass is 9.80. The van der Waals surface area contributed by atoms with Gasteiger partial charge in [-0.2, -0.15) is 0 Å². The smallest absolute Gasteiger partial charge is 0.0948 e. The number of hydrogen-bond donors (Lipinski definition) is 1. The Morgan fingerprint density at radius 3 is 2.95 bits per heavy atom. The van der Waals surface area contributed by atoms with Gasteiger partial charge in [0.25, 0.3) is 0 Å². The number of aromatic nitrogens is 2. The minimum Gasteiger partial charge on any atom is -0.334 e. The van der Waals surface area contributed by atoms with Crippen molar-refractivity contribution in [2.24, 2.45) is 5.92 Å². The van der Waals surface area contributed by atoms with Crippen LogP contribution in [0, 0.1) is 5.92 Å². The van der Waals surface area contributed by atoms with E-state index in [2.05, 4.69) is 58.3 Å². The Hall–Kier alpha value is -1.61. The normalized spacial score (nSPS) is 22.3. The van der Waals surface area contributed by atoms with Gasteiger partial charge in [-0.15, -0.1) is 0 Å². The summed E-state index contributed by atoms with van der Waals surface area (Å²) in [5, 5.41) is 3.57. The van der Waals surface area contributed by atoms with Gasteiger partial charge in [-0.25, -0.2) is 4.98 Å². The molecule has 1 aliphatic rings. The summed E-state index contributed by atoms with van der Waals surface area (Å²) >= 11 is 0. The van der Waals surface area contributed by atoms with Gasteiger partial charge in [0.15, 0.2) is 0 Å². The van der Waals surface area contributed by atoms with Crippen LogP contribution in [0.2, 0.25) is 0 Å². The van der Waals surface area contributed by atoms with E-state index in [1.807, 2.05) is 6.33 Å². The van der Waals surface area contributed by atoms with Crippen LogP contribution in [-0.2, 0) is 13.0 Å². The van der Waals surface area contributed by atoms with Gasteiger partial charge < -0.3 is 9.88 Å². The molecule has 2 aromatic rings. The molecule has 2 heterocycles. The molecule has 3 rings (SSSR count). The van der Waals surface area contributed by atoms with E-state index in [-0.39, 0.29) is 0 Å². The van der Waals surface area contributed by atoms with Gasteiger partial charge >= 0.3 is 0 Å². The number of nitrogens with one attached hydrogen (secondary N) is 1. The SMILES string of the molecule is CCCn1cncc1C1CCNCC1Cc1ccccc1. The molecule has 3 heteroatoms. The molecule has 0 radical (unpaired) electrons. The van der Waals surface area contributed by atoms with E-state index in [0.29, 0.717) is 11.8 Å². The molecule has 2 atom stereocenters. The predicted octanol–water partition coefficient (Wildman–Crippen LogP) is 3.23. The van der Waals surface area contributed by atoms with E-state index >= 15 is 0 Å². The monoisotopic (exact) mass is 283 g/mol. The fraction of sp³-hybridized carbons (Fsp3) is 0.500. The summed E-state index contributed by atoms with van der Waals surface area (Å²) in [6.07, 6.45) is 7.62. The molecule has 0 saturated carbocycles. The summed E-state index contributed by atoms with van der Waals surface area (Å²) in [6, 6.07) is 10.9. The summed E-state index contributed by atoms with van der Waals surface area (Å²) in [6.45, 7) is 5.54. The van der Waals surface area contributed by atoms with Crippen LogP contribution in [0.4, 0.5) is 0 Å². The van der Waals surface area contributed by atoms with Crippen molar-refractivity contribution < 1.29 is 0 Å². The second kappa shape index (κ2) is 6.90. The van der Waals surface area contributed by atoms with Crippen LogP contribution in [0.25, 0.3) is 0 Å². The largest absolute Gasteiger partial charge is 0.334 e. The summed E-state index contributed by atoms with van der Waals surface area (Å²) in [5.74, 6) is 1.29. The number of imidazole rings is 1. The van der Waals surface area contributed by atoms with Crippen molar-refractivity contribution in [1.82, 2.24) is 14.9 Å². The Balaban J connectivity index is 1.79. The number of hydrogen-bond acceptors (Lipinski definition) is 2. The molecule has 1 N–H and O–H groups in total. The third-order valence-electron chi connectivity index (χ3n) is 4.54. The lowest BCUT2D eigenvalue weighted by Gasteiger charge is -2.33. The van der Waals surface area contributed by atoms with E-state index < -0.39 is 0 Å². The Labute approximate surface area is 127 Å². The Bertz CT molecular complexity index is 547. The van der Waals surface area contributed by atoms with Crippen molar-refractivity contribution in [1.29, 1.82) is 0 Å². The molecule has 0 aliphatic carbocycles. The van der Waals surface area contributed by atoms with Crippen LogP contribution in [-0.4, -0.2) is 22.6 Å². The molecule has 21 heavy (non-hydrogen) atoms. The number of benzene rings is 1. The predicted molar refractivity (Wildman–Crippen MR) is 86.4 cm³/mol. The highest BCUT2D eigenvalue weighted by molar-refractivity contribution is 5.18. The zero-order valence-electron chi connectivity index (χ0n) is 12.8. The first-order valence-electron chi connectivity index (χ1n) is 8.13. The minimum absolute atomic E-state index is 0.625. The van der Waals surface area contributed by atoms with Crippen molar-refractivity contribution in [3.8, 4) is 0 Å². The highest BCUT2D eigenvalue weighted by Gasteiger charge is 2.28. The number of rotatable bonds is 5. The number of aryl methyl sites for hydroxylation is 1. The van der Waals surface area contributed by atoms with Crippen LogP contribution in [0.15, 0.2) is 42.9 Å². The summed E-state index contributed by atoms with van der Waals surface area (Å²) in [5.41, 5.74) is 2.87. The Morgan fingerprint density at radius 2 is 2.14 bits per heavy atom. The third kappa shape index (κ3) is 3.35. The fourth-order valence-electron chi connectivity index (χ4n) is 3.51. The molecule has 1 fully saturated rings. The first-order valence-corrected chi connectivity index (χ1v) is 8.13. The summed E-state index contributed by atoms with van der Waals surface area (Å²) in [7, 11) is 0. The fourth-order valence-corrected chi connectivity index (χ4v) is 3.51. The van der Waals surface area contributed by atoms with Gasteiger partial charge in [-0.1, -0.05) is 37.3 Å². The van der Waals surface area contributed by atoms with E-state index in [9.17, 15) is 0 Å². The van der Waals surface area contributed by atoms with Crippen molar-refractivity contribution in [3.05, 3.63) is 54.1 Å². The van der Waals surface area contributed by atoms with Crippen LogP contribution >= 0.6 is 0 Å². The molecular weight excluding hydrogens is 258 g/mol. The lowest BCUT2D eigenvalue weighted by Crippen LogP contribution is -2.37. The molecule has 0 bridgehead atoms. The summed E-state index contributed by atoms with van der Waals surface area (Å²) in [4.78, 5) is 4.40. The average molecular weight is 283 g/mol. The van der Waals surface area contributed by atoms with E-state index in [1.54, 1.807) is 0 Å².